The lowest BCUT2D eigenvalue weighted by atomic mass is 9.41. The number of nitrogens with zero attached hydrogens (tertiary/aromatic N) is 1. The standard InChI is InChI=1S/C34H49F2NO4/c1-19(6-5-7-27(38)31-26(36)17-21(35)18-29(31)41-4)22-8-9-23-30-20(12-15-37)16-25-32(40)28(39)11-14-34(25,3)24(30)10-13-33(22,23)2/h17-20,22-25,27-28,30,32,38-40H,5-14,16H2,1-4H3/t19-,20?,22-,23+,24+,25+,27?,28+,30+,32-,33-,34-/m1/s1. The van der Waals surface area contributed by atoms with Gasteiger partial charge in [-0.25, -0.2) is 8.78 Å². The Kier molecular flexibility index (Phi) is 8.79. The van der Waals surface area contributed by atoms with Gasteiger partial charge in [0.1, 0.15) is 17.4 Å². The molecule has 12 atom stereocenters. The van der Waals surface area contributed by atoms with E-state index < -0.39 is 29.9 Å². The van der Waals surface area contributed by atoms with Crippen LogP contribution in [0.25, 0.3) is 0 Å². The van der Waals surface area contributed by atoms with E-state index in [1.165, 1.54) is 13.5 Å². The maximum Gasteiger partial charge on any atom is 0.135 e. The fourth-order valence-corrected chi connectivity index (χ4v) is 10.8. The second-order valence-corrected chi connectivity index (χ2v) is 14.5. The lowest BCUT2D eigenvalue weighted by Crippen LogP contribution is -2.60. The lowest BCUT2D eigenvalue weighted by molar-refractivity contribution is -0.191. The Morgan fingerprint density at radius 2 is 1.73 bits per heavy atom. The zero-order chi connectivity index (χ0) is 29.7. The number of hydrogen-bond acceptors (Lipinski definition) is 5. The maximum atomic E-state index is 14.5. The molecule has 0 bridgehead atoms. The molecule has 2 unspecified atom stereocenters. The van der Waals surface area contributed by atoms with E-state index >= 15 is 0 Å². The Balaban J connectivity index is 1.28. The summed E-state index contributed by atoms with van der Waals surface area (Å²) >= 11 is 0. The molecule has 41 heavy (non-hydrogen) atoms. The minimum absolute atomic E-state index is 0.00707. The summed E-state index contributed by atoms with van der Waals surface area (Å²) in [6, 6.07) is 4.38. The summed E-state index contributed by atoms with van der Waals surface area (Å²) in [6.07, 6.45) is 7.19. The van der Waals surface area contributed by atoms with E-state index in [1.807, 2.05) is 0 Å². The van der Waals surface area contributed by atoms with Gasteiger partial charge in [0.15, 0.2) is 0 Å². The number of benzene rings is 1. The second-order valence-electron chi connectivity index (χ2n) is 14.5. The predicted molar refractivity (Wildman–Crippen MR) is 153 cm³/mol. The predicted octanol–water partition coefficient (Wildman–Crippen LogP) is 6.94. The molecule has 4 aliphatic rings. The Hall–Kier alpha value is -1.75. The Labute approximate surface area is 244 Å². The normalized spacial score (nSPS) is 41.5. The van der Waals surface area contributed by atoms with Gasteiger partial charge in [-0.05, 0) is 104 Å². The summed E-state index contributed by atoms with van der Waals surface area (Å²) < 4.78 is 33.3. The average Bonchev–Trinajstić information content (AvgIpc) is 3.28. The van der Waals surface area contributed by atoms with E-state index in [0.717, 1.165) is 57.1 Å². The molecule has 0 aromatic heterocycles. The van der Waals surface area contributed by atoms with E-state index in [0.29, 0.717) is 48.9 Å². The average molecular weight is 574 g/mol. The van der Waals surface area contributed by atoms with Crippen LogP contribution < -0.4 is 4.74 Å². The molecule has 228 valence electrons. The van der Waals surface area contributed by atoms with Crippen LogP contribution in [-0.4, -0.2) is 34.6 Å². The number of aliphatic hydroxyl groups is 3. The van der Waals surface area contributed by atoms with Crippen molar-refractivity contribution in [3.63, 3.8) is 0 Å². The van der Waals surface area contributed by atoms with Crippen LogP contribution in [0.15, 0.2) is 12.1 Å². The third kappa shape index (κ3) is 5.21. The first-order valence-corrected chi connectivity index (χ1v) is 15.9. The first-order valence-electron chi connectivity index (χ1n) is 15.9. The smallest absolute Gasteiger partial charge is 0.135 e. The van der Waals surface area contributed by atoms with Gasteiger partial charge in [0, 0.05) is 18.6 Å². The Morgan fingerprint density at radius 3 is 2.44 bits per heavy atom. The molecule has 0 saturated heterocycles. The summed E-state index contributed by atoms with van der Waals surface area (Å²) in [5.74, 6) is 1.36. The monoisotopic (exact) mass is 573 g/mol. The number of methoxy groups -OCH3 is 1. The van der Waals surface area contributed by atoms with E-state index in [4.69, 9.17) is 4.74 Å². The minimum Gasteiger partial charge on any atom is -0.496 e. The van der Waals surface area contributed by atoms with E-state index in [2.05, 4.69) is 26.8 Å². The van der Waals surface area contributed by atoms with Gasteiger partial charge in [-0.15, -0.1) is 0 Å². The highest BCUT2D eigenvalue weighted by Crippen LogP contribution is 2.70. The molecule has 4 saturated carbocycles. The summed E-state index contributed by atoms with van der Waals surface area (Å²) in [5, 5.41) is 42.1. The molecule has 7 heteroatoms. The van der Waals surface area contributed by atoms with E-state index in [9.17, 15) is 29.4 Å². The Bertz CT molecular complexity index is 1140. The number of halogens is 2. The van der Waals surface area contributed by atoms with Crippen molar-refractivity contribution >= 4 is 0 Å². The fraction of sp³-hybridized carbons (Fsp3) is 0.794. The molecule has 4 aliphatic carbocycles. The number of hydrogen-bond donors (Lipinski definition) is 3. The summed E-state index contributed by atoms with van der Waals surface area (Å²) in [7, 11) is 1.35. The van der Waals surface area contributed by atoms with Crippen molar-refractivity contribution in [2.75, 3.05) is 7.11 Å². The van der Waals surface area contributed by atoms with Gasteiger partial charge in [-0.3, -0.25) is 0 Å². The van der Waals surface area contributed by atoms with Gasteiger partial charge in [0.25, 0.3) is 0 Å². The molecule has 5 nitrogen and oxygen atoms in total. The van der Waals surface area contributed by atoms with Crippen molar-refractivity contribution in [1.29, 1.82) is 5.26 Å². The van der Waals surface area contributed by atoms with Crippen LogP contribution in [0.1, 0.15) is 103 Å². The number of aliphatic hydroxyl groups excluding tert-OH is 3. The van der Waals surface area contributed by atoms with Gasteiger partial charge in [-0.1, -0.05) is 33.6 Å². The zero-order valence-corrected chi connectivity index (χ0v) is 25.2. The van der Waals surface area contributed by atoms with Crippen LogP contribution in [0.5, 0.6) is 5.75 Å². The number of ether oxygens (including phenoxy) is 1. The van der Waals surface area contributed by atoms with Crippen molar-refractivity contribution in [3.8, 4) is 11.8 Å². The van der Waals surface area contributed by atoms with Crippen molar-refractivity contribution in [2.24, 2.45) is 52.3 Å². The third-order valence-corrected chi connectivity index (χ3v) is 12.8. The molecular formula is C34H49F2NO4. The van der Waals surface area contributed by atoms with Gasteiger partial charge in [-0.2, -0.15) is 5.26 Å². The number of rotatable bonds is 8. The van der Waals surface area contributed by atoms with E-state index in [1.54, 1.807) is 0 Å². The molecule has 0 amide bonds. The molecule has 3 N–H and O–H groups in total. The topological polar surface area (TPSA) is 93.7 Å². The number of fused-ring (bicyclic) bond motifs is 5. The highest BCUT2D eigenvalue weighted by molar-refractivity contribution is 5.37. The maximum absolute atomic E-state index is 14.5. The summed E-state index contributed by atoms with van der Waals surface area (Å²) in [6.45, 7) is 7.15. The molecule has 0 spiro atoms. The highest BCUT2D eigenvalue weighted by Gasteiger charge is 2.64. The summed E-state index contributed by atoms with van der Waals surface area (Å²) in [5.41, 5.74) is 0.225. The molecular weight excluding hydrogens is 524 g/mol. The SMILES string of the molecule is COc1cc(F)cc(F)c1C(O)CCC[C@@H](C)[C@H]1CC[C@H]2[C@@H]3C(CC#N)C[C@H]4[C@@H](O)[C@@H](O)CC[C@]4(C)[C@H]3CC[C@]12C. The van der Waals surface area contributed by atoms with Crippen LogP contribution in [-0.2, 0) is 0 Å². The first-order chi connectivity index (χ1) is 19.5. The molecule has 0 radical (unpaired) electrons. The summed E-state index contributed by atoms with van der Waals surface area (Å²) in [4.78, 5) is 0. The van der Waals surface area contributed by atoms with Gasteiger partial charge >= 0.3 is 0 Å². The second kappa shape index (κ2) is 11.7. The molecule has 1 aromatic carbocycles. The molecule has 0 aliphatic heterocycles. The Morgan fingerprint density at radius 1 is 1.02 bits per heavy atom. The minimum atomic E-state index is -1.05. The molecule has 0 heterocycles. The van der Waals surface area contributed by atoms with Crippen LogP contribution in [0.3, 0.4) is 0 Å². The fourth-order valence-electron chi connectivity index (χ4n) is 10.8. The van der Waals surface area contributed by atoms with Crippen molar-refractivity contribution in [3.05, 3.63) is 29.3 Å². The molecule has 4 fully saturated rings. The molecule has 5 rings (SSSR count). The quantitative estimate of drug-likeness (QED) is 0.313. The third-order valence-electron chi connectivity index (χ3n) is 12.8. The zero-order valence-electron chi connectivity index (χ0n) is 25.2. The van der Waals surface area contributed by atoms with Gasteiger partial charge < -0.3 is 20.1 Å². The number of nitriles is 1. The van der Waals surface area contributed by atoms with Crippen LogP contribution in [0.2, 0.25) is 0 Å². The largest absolute Gasteiger partial charge is 0.496 e. The first kappa shape index (κ1) is 30.7. The van der Waals surface area contributed by atoms with Crippen molar-refractivity contribution < 1.29 is 28.8 Å². The van der Waals surface area contributed by atoms with E-state index in [-0.39, 0.29) is 34.0 Å². The van der Waals surface area contributed by atoms with Crippen molar-refractivity contribution in [1.82, 2.24) is 0 Å². The molecule has 1 aromatic rings. The van der Waals surface area contributed by atoms with Gasteiger partial charge in [0.2, 0.25) is 0 Å². The lowest BCUT2D eigenvalue weighted by Gasteiger charge is -2.64. The van der Waals surface area contributed by atoms with Crippen LogP contribution in [0.4, 0.5) is 8.78 Å². The van der Waals surface area contributed by atoms with Crippen LogP contribution in [0, 0.1) is 75.2 Å². The highest BCUT2D eigenvalue weighted by atomic mass is 19.1. The van der Waals surface area contributed by atoms with Crippen LogP contribution >= 0.6 is 0 Å². The van der Waals surface area contributed by atoms with Gasteiger partial charge in [0.05, 0.1) is 37.1 Å². The van der Waals surface area contributed by atoms with Crippen molar-refractivity contribution in [2.45, 2.75) is 110 Å².